The number of carboxylic acids is 1. The number of hydrogen-bond acceptors (Lipinski definition) is 4. The van der Waals surface area contributed by atoms with Crippen LogP contribution in [0.25, 0.3) is 0 Å². The summed E-state index contributed by atoms with van der Waals surface area (Å²) >= 11 is 0. The average Bonchev–Trinajstić information content (AvgIpc) is 1.97. The Balaban J connectivity index is 4.21. The minimum absolute atomic E-state index is 0.0731. The van der Waals surface area contributed by atoms with Gasteiger partial charge in [-0.1, -0.05) is 0 Å². The topological polar surface area (TPSA) is 113 Å². The van der Waals surface area contributed by atoms with Crippen LogP contribution in [0.3, 0.4) is 0 Å². The molecule has 0 atom stereocenters. The summed E-state index contributed by atoms with van der Waals surface area (Å²) in [5.74, 6) is -1.01. The molecule has 0 fully saturated rings. The highest BCUT2D eigenvalue weighted by Gasteiger charge is 2.32. The van der Waals surface area contributed by atoms with Crippen molar-refractivity contribution < 1.29 is 33.5 Å². The van der Waals surface area contributed by atoms with E-state index < -0.39 is 24.8 Å². The Morgan fingerprint density at radius 1 is 1.18 bits per heavy atom. The van der Waals surface area contributed by atoms with Gasteiger partial charge >= 0.3 is 13.8 Å². The monoisotopic (exact) mass is 270 g/mol. The van der Waals surface area contributed by atoms with E-state index in [0.717, 1.165) is 0 Å². The van der Waals surface area contributed by atoms with Crippen molar-refractivity contribution in [1.29, 1.82) is 0 Å². The van der Waals surface area contributed by atoms with E-state index in [2.05, 4.69) is 4.52 Å². The molecule has 17 heavy (non-hydrogen) atoms. The van der Waals surface area contributed by atoms with Gasteiger partial charge in [-0.2, -0.15) is 0 Å². The smallest absolute Gasteiger partial charge is 0.470 e. The molecule has 0 aromatic carbocycles. The van der Waals surface area contributed by atoms with Gasteiger partial charge in [-0.15, -0.1) is 0 Å². The maximum Gasteiger partial charge on any atom is 0.470 e. The van der Waals surface area contributed by atoms with Crippen molar-refractivity contribution in [1.82, 2.24) is 0 Å². The number of ether oxygens (including phenoxy) is 1. The predicted molar refractivity (Wildman–Crippen MR) is 59.4 cm³/mol. The van der Waals surface area contributed by atoms with Crippen LogP contribution in [0, 0.1) is 5.41 Å². The summed E-state index contributed by atoms with van der Waals surface area (Å²) in [5.41, 5.74) is -2.24. The highest BCUT2D eigenvalue weighted by atomic mass is 31.2. The van der Waals surface area contributed by atoms with Gasteiger partial charge in [0.15, 0.2) is 0 Å². The number of carbonyl (C=O) groups is 1. The predicted octanol–water partition coefficient (Wildman–Crippen LogP) is 1.00. The Kier molecular flexibility index (Phi) is 5.31. The Bertz CT molecular complexity index is 317. The third-order valence-corrected chi connectivity index (χ3v) is 2.59. The summed E-state index contributed by atoms with van der Waals surface area (Å²) in [6, 6.07) is 0. The number of hydrogen-bond donors (Lipinski definition) is 3. The van der Waals surface area contributed by atoms with Crippen molar-refractivity contribution in [2.75, 3.05) is 13.2 Å². The van der Waals surface area contributed by atoms with Crippen LogP contribution in [-0.4, -0.2) is 39.7 Å². The fourth-order valence-corrected chi connectivity index (χ4v) is 1.66. The second kappa shape index (κ2) is 5.46. The van der Waals surface area contributed by atoms with Crippen molar-refractivity contribution in [2.45, 2.75) is 33.3 Å². The molecular formula is C9H19O7P. The van der Waals surface area contributed by atoms with Crippen LogP contribution >= 0.6 is 7.82 Å². The lowest BCUT2D eigenvalue weighted by Crippen LogP contribution is -2.34. The Hall–Kier alpha value is -0.460. The van der Waals surface area contributed by atoms with Gasteiger partial charge < -0.3 is 19.6 Å². The molecule has 0 amide bonds. The standard InChI is InChI=1S/C9H19O7P/c1-8(2,7(10)11)5-15-6-9(3,4)16-17(12,13)14/h5-6H2,1-4H3,(H,10,11)(H2,12,13,14). The molecule has 0 aromatic rings. The highest BCUT2D eigenvalue weighted by molar-refractivity contribution is 7.46. The molecule has 102 valence electrons. The summed E-state index contributed by atoms with van der Waals surface area (Å²) in [7, 11) is -4.58. The molecular weight excluding hydrogens is 251 g/mol. The van der Waals surface area contributed by atoms with Gasteiger partial charge in [0.05, 0.1) is 24.2 Å². The van der Waals surface area contributed by atoms with E-state index in [1.54, 1.807) is 0 Å². The zero-order valence-corrected chi connectivity index (χ0v) is 11.2. The van der Waals surface area contributed by atoms with Crippen LogP contribution in [0.4, 0.5) is 0 Å². The SMILES string of the molecule is CC(C)(COCC(C)(C)C(=O)O)OP(=O)(O)O. The molecule has 0 bridgehead atoms. The molecule has 0 saturated heterocycles. The Morgan fingerprint density at radius 3 is 2.00 bits per heavy atom. The third-order valence-electron chi connectivity index (χ3n) is 1.86. The number of phosphoric acid groups is 1. The van der Waals surface area contributed by atoms with Gasteiger partial charge in [-0.25, -0.2) is 4.57 Å². The van der Waals surface area contributed by atoms with Crippen LogP contribution in [0.15, 0.2) is 0 Å². The largest absolute Gasteiger partial charge is 0.481 e. The fourth-order valence-electron chi connectivity index (χ4n) is 0.962. The summed E-state index contributed by atoms with van der Waals surface area (Å²) in [4.78, 5) is 28.0. The summed E-state index contributed by atoms with van der Waals surface area (Å²) in [6.45, 7) is 5.68. The molecule has 3 N–H and O–H groups in total. The summed E-state index contributed by atoms with van der Waals surface area (Å²) < 4.78 is 20.3. The second-order valence-corrected chi connectivity index (χ2v) is 6.19. The quantitative estimate of drug-likeness (QED) is 0.591. The maximum atomic E-state index is 10.8. The highest BCUT2D eigenvalue weighted by Crippen LogP contribution is 2.41. The third kappa shape index (κ3) is 7.46. The molecule has 0 aliphatic heterocycles. The minimum Gasteiger partial charge on any atom is -0.481 e. The van der Waals surface area contributed by atoms with E-state index in [9.17, 15) is 9.36 Å². The molecule has 8 heteroatoms. The first-order valence-corrected chi connectivity index (χ1v) is 6.46. The molecule has 0 rings (SSSR count). The van der Waals surface area contributed by atoms with E-state index in [4.69, 9.17) is 19.6 Å². The van der Waals surface area contributed by atoms with E-state index in [0.29, 0.717) is 0 Å². The van der Waals surface area contributed by atoms with E-state index in [1.165, 1.54) is 27.7 Å². The molecule has 7 nitrogen and oxygen atoms in total. The van der Waals surface area contributed by atoms with Crippen molar-refractivity contribution in [3.63, 3.8) is 0 Å². The molecule has 0 saturated carbocycles. The van der Waals surface area contributed by atoms with Gasteiger partial charge in [0.25, 0.3) is 0 Å². The van der Waals surface area contributed by atoms with Crippen molar-refractivity contribution >= 4 is 13.8 Å². The first-order chi connectivity index (χ1) is 7.36. The van der Waals surface area contributed by atoms with Crippen molar-refractivity contribution in [3.05, 3.63) is 0 Å². The second-order valence-electron chi connectivity index (χ2n) is 5.02. The van der Waals surface area contributed by atoms with Gasteiger partial charge in [-0.05, 0) is 27.7 Å². The van der Waals surface area contributed by atoms with Gasteiger partial charge in [0.1, 0.15) is 0 Å². The van der Waals surface area contributed by atoms with Gasteiger partial charge in [0, 0.05) is 0 Å². The maximum absolute atomic E-state index is 10.8. The first-order valence-electron chi connectivity index (χ1n) is 4.93. The average molecular weight is 270 g/mol. The molecule has 0 heterocycles. The zero-order valence-electron chi connectivity index (χ0n) is 10.3. The molecule has 0 aliphatic carbocycles. The van der Waals surface area contributed by atoms with Gasteiger partial charge in [-0.3, -0.25) is 9.32 Å². The fraction of sp³-hybridized carbons (Fsp3) is 0.889. The van der Waals surface area contributed by atoms with Crippen molar-refractivity contribution in [2.24, 2.45) is 5.41 Å². The van der Waals surface area contributed by atoms with Crippen LogP contribution in [0.1, 0.15) is 27.7 Å². The van der Waals surface area contributed by atoms with E-state index in [-0.39, 0.29) is 13.2 Å². The lowest BCUT2D eigenvalue weighted by atomic mass is 9.95. The summed E-state index contributed by atoms with van der Waals surface area (Å²) in [6.07, 6.45) is 0. The lowest BCUT2D eigenvalue weighted by molar-refractivity contribution is -0.151. The number of rotatable bonds is 7. The zero-order chi connectivity index (χ0) is 13.9. The lowest BCUT2D eigenvalue weighted by Gasteiger charge is -2.27. The molecule has 0 unspecified atom stereocenters. The molecule has 0 aliphatic rings. The van der Waals surface area contributed by atoms with Crippen molar-refractivity contribution in [3.8, 4) is 0 Å². The van der Waals surface area contributed by atoms with Crippen LogP contribution in [0.2, 0.25) is 0 Å². The number of phosphoric ester groups is 1. The Morgan fingerprint density at radius 2 is 1.65 bits per heavy atom. The minimum atomic E-state index is -4.58. The summed E-state index contributed by atoms with van der Waals surface area (Å²) in [5, 5.41) is 8.82. The van der Waals surface area contributed by atoms with Crippen LogP contribution in [0.5, 0.6) is 0 Å². The number of carboxylic acid groups (broad SMARTS) is 1. The van der Waals surface area contributed by atoms with Gasteiger partial charge in [0.2, 0.25) is 0 Å². The van der Waals surface area contributed by atoms with E-state index in [1.807, 2.05) is 0 Å². The molecule has 0 aromatic heterocycles. The van der Waals surface area contributed by atoms with E-state index >= 15 is 0 Å². The molecule has 0 radical (unpaired) electrons. The van der Waals surface area contributed by atoms with Crippen LogP contribution < -0.4 is 0 Å². The first kappa shape index (κ1) is 16.5. The Labute approximate surface area is 100.0 Å². The molecule has 0 spiro atoms. The normalized spacial score (nSPS) is 13.8. The number of aliphatic carboxylic acids is 1. The van der Waals surface area contributed by atoms with Crippen LogP contribution in [-0.2, 0) is 18.6 Å².